The van der Waals surface area contributed by atoms with Crippen LogP contribution in [0, 0.1) is 0 Å². The molecule has 1 unspecified atom stereocenters. The highest BCUT2D eigenvalue weighted by molar-refractivity contribution is 6.36. The van der Waals surface area contributed by atoms with Crippen molar-refractivity contribution in [2.75, 3.05) is 39.4 Å². The fourth-order valence-electron chi connectivity index (χ4n) is 4.99. The van der Waals surface area contributed by atoms with Gasteiger partial charge in [-0.15, -0.1) is 0 Å². The number of hydrogen-bond donors (Lipinski definition) is 2. The van der Waals surface area contributed by atoms with Crippen molar-refractivity contribution in [3.05, 3.63) is 65.1 Å². The monoisotopic (exact) mass is 467 g/mol. The van der Waals surface area contributed by atoms with Gasteiger partial charge < -0.3 is 19.9 Å². The molecule has 2 atom stereocenters. The summed E-state index contributed by atoms with van der Waals surface area (Å²) in [4.78, 5) is 20.1. The van der Waals surface area contributed by atoms with Crippen LogP contribution in [0.4, 0.5) is 0 Å². The Morgan fingerprint density at radius 3 is 2.91 bits per heavy atom. The summed E-state index contributed by atoms with van der Waals surface area (Å²) in [5, 5.41) is 8.15. The molecule has 33 heavy (non-hydrogen) atoms. The minimum Gasteiger partial charge on any atom is -0.379 e. The molecule has 2 saturated heterocycles. The Kier molecular flexibility index (Phi) is 6.92. The van der Waals surface area contributed by atoms with E-state index in [-0.39, 0.29) is 11.9 Å². The van der Waals surface area contributed by atoms with Crippen molar-refractivity contribution in [2.45, 2.75) is 31.5 Å². The standard InChI is InChI=1S/C25H30ClN5O2/c26-21-6-1-7-22-24(21)20(17-31(22)16-19-5-3-9-28-19)25(32)29-15-23(18-4-2-8-27-14-18)30-10-12-33-13-11-30/h1-2,4,6-8,14,17,19,23,28H,3,5,9-13,15-16H2,(H,29,32)/t19-,23?/m0/s1. The molecule has 5 rings (SSSR count). The van der Waals surface area contributed by atoms with Crippen molar-refractivity contribution in [3.8, 4) is 0 Å². The Bertz CT molecular complexity index is 1090. The number of aromatic nitrogens is 2. The van der Waals surface area contributed by atoms with Crippen LogP contribution < -0.4 is 10.6 Å². The number of carbonyl (C=O) groups is 1. The van der Waals surface area contributed by atoms with Crippen LogP contribution in [0.5, 0.6) is 0 Å². The number of morpholine rings is 1. The zero-order valence-electron chi connectivity index (χ0n) is 18.7. The summed E-state index contributed by atoms with van der Waals surface area (Å²) in [7, 11) is 0. The molecule has 0 saturated carbocycles. The quantitative estimate of drug-likeness (QED) is 0.558. The normalized spacial score (nSPS) is 20.2. The molecule has 0 aliphatic carbocycles. The molecule has 7 nitrogen and oxygen atoms in total. The number of carbonyl (C=O) groups excluding carboxylic acids is 1. The van der Waals surface area contributed by atoms with Crippen LogP contribution in [0.25, 0.3) is 10.9 Å². The first-order valence-corrected chi connectivity index (χ1v) is 12.1. The molecule has 2 aliphatic heterocycles. The van der Waals surface area contributed by atoms with E-state index < -0.39 is 0 Å². The minimum absolute atomic E-state index is 0.0399. The Morgan fingerprint density at radius 2 is 2.15 bits per heavy atom. The largest absolute Gasteiger partial charge is 0.379 e. The van der Waals surface area contributed by atoms with Gasteiger partial charge in [-0.3, -0.25) is 14.7 Å². The van der Waals surface area contributed by atoms with E-state index >= 15 is 0 Å². The lowest BCUT2D eigenvalue weighted by molar-refractivity contribution is 0.0161. The van der Waals surface area contributed by atoms with E-state index in [1.165, 1.54) is 6.42 Å². The van der Waals surface area contributed by atoms with Gasteiger partial charge in [0.2, 0.25) is 0 Å². The first-order valence-electron chi connectivity index (χ1n) is 11.7. The number of nitrogens with one attached hydrogen (secondary N) is 2. The van der Waals surface area contributed by atoms with Crippen molar-refractivity contribution in [2.24, 2.45) is 0 Å². The average molecular weight is 468 g/mol. The fourth-order valence-corrected chi connectivity index (χ4v) is 5.26. The van der Waals surface area contributed by atoms with E-state index in [4.69, 9.17) is 16.3 Å². The summed E-state index contributed by atoms with van der Waals surface area (Å²) in [6.45, 7) is 5.42. The number of pyridine rings is 1. The van der Waals surface area contributed by atoms with Crippen molar-refractivity contribution in [1.29, 1.82) is 0 Å². The second-order valence-corrected chi connectivity index (χ2v) is 9.19. The number of amides is 1. The predicted octanol–water partition coefficient (Wildman–Crippen LogP) is 3.25. The number of halogens is 1. The molecule has 1 aromatic carbocycles. The van der Waals surface area contributed by atoms with Crippen molar-refractivity contribution in [1.82, 2.24) is 25.1 Å². The van der Waals surface area contributed by atoms with E-state index in [1.807, 2.05) is 36.7 Å². The van der Waals surface area contributed by atoms with Gasteiger partial charge in [0, 0.05) is 56.2 Å². The average Bonchev–Trinajstić information content (AvgIpc) is 3.50. The van der Waals surface area contributed by atoms with Crippen molar-refractivity contribution in [3.63, 3.8) is 0 Å². The lowest BCUT2D eigenvalue weighted by Gasteiger charge is -2.34. The molecule has 0 bridgehead atoms. The van der Waals surface area contributed by atoms with Crippen LogP contribution in [0.2, 0.25) is 5.02 Å². The Balaban J connectivity index is 1.38. The number of benzene rings is 1. The molecule has 0 radical (unpaired) electrons. The number of fused-ring (bicyclic) bond motifs is 1. The SMILES string of the molecule is O=C(NCC(c1cccnc1)N1CCOCC1)c1cn(C[C@@H]2CCCN2)c2cccc(Cl)c12. The van der Waals surface area contributed by atoms with Gasteiger partial charge in [0.15, 0.2) is 0 Å². The molecule has 2 N–H and O–H groups in total. The second kappa shape index (κ2) is 10.2. The van der Waals surface area contributed by atoms with E-state index in [2.05, 4.69) is 31.2 Å². The number of rotatable bonds is 7. The zero-order chi connectivity index (χ0) is 22.6. The molecular formula is C25H30ClN5O2. The van der Waals surface area contributed by atoms with E-state index in [9.17, 15) is 4.79 Å². The maximum atomic E-state index is 13.4. The Morgan fingerprint density at radius 1 is 1.27 bits per heavy atom. The van der Waals surface area contributed by atoms with Gasteiger partial charge in [-0.2, -0.15) is 0 Å². The van der Waals surface area contributed by atoms with E-state index in [0.29, 0.717) is 36.4 Å². The summed E-state index contributed by atoms with van der Waals surface area (Å²) in [6, 6.07) is 10.3. The van der Waals surface area contributed by atoms with Crippen LogP contribution in [0.3, 0.4) is 0 Å². The highest BCUT2D eigenvalue weighted by Gasteiger charge is 2.25. The van der Waals surface area contributed by atoms with Gasteiger partial charge in [-0.1, -0.05) is 23.7 Å². The molecule has 3 aromatic rings. The van der Waals surface area contributed by atoms with Gasteiger partial charge in [0.05, 0.1) is 35.4 Å². The van der Waals surface area contributed by atoms with Crippen LogP contribution in [0.15, 0.2) is 48.9 Å². The third-order valence-electron chi connectivity index (χ3n) is 6.69. The van der Waals surface area contributed by atoms with Crippen LogP contribution in [0.1, 0.15) is 34.8 Å². The Hall–Kier alpha value is -2.45. The highest BCUT2D eigenvalue weighted by atomic mass is 35.5. The molecule has 8 heteroatoms. The molecule has 1 amide bonds. The van der Waals surface area contributed by atoms with Crippen LogP contribution >= 0.6 is 11.6 Å². The highest BCUT2D eigenvalue weighted by Crippen LogP contribution is 2.30. The van der Waals surface area contributed by atoms with E-state index in [1.54, 1.807) is 6.20 Å². The molecule has 2 aromatic heterocycles. The predicted molar refractivity (Wildman–Crippen MR) is 130 cm³/mol. The zero-order valence-corrected chi connectivity index (χ0v) is 19.4. The van der Waals surface area contributed by atoms with Gasteiger partial charge in [0.25, 0.3) is 5.91 Å². The smallest absolute Gasteiger partial charge is 0.253 e. The lowest BCUT2D eigenvalue weighted by atomic mass is 10.1. The molecule has 4 heterocycles. The summed E-state index contributed by atoms with van der Waals surface area (Å²) < 4.78 is 7.70. The topological polar surface area (TPSA) is 71.4 Å². The minimum atomic E-state index is -0.103. The second-order valence-electron chi connectivity index (χ2n) is 8.78. The van der Waals surface area contributed by atoms with Gasteiger partial charge in [-0.05, 0) is 43.1 Å². The maximum Gasteiger partial charge on any atom is 0.253 e. The van der Waals surface area contributed by atoms with Crippen LogP contribution in [-0.2, 0) is 11.3 Å². The summed E-state index contributed by atoms with van der Waals surface area (Å²) in [6.07, 6.45) is 7.95. The lowest BCUT2D eigenvalue weighted by Crippen LogP contribution is -2.43. The number of ether oxygens (including phenoxy) is 1. The molecule has 2 fully saturated rings. The first kappa shape index (κ1) is 22.3. The number of hydrogen-bond acceptors (Lipinski definition) is 5. The fraction of sp³-hybridized carbons (Fsp3) is 0.440. The van der Waals surface area contributed by atoms with Gasteiger partial charge in [0.1, 0.15) is 0 Å². The van der Waals surface area contributed by atoms with Crippen LogP contribution in [-0.4, -0.2) is 65.8 Å². The van der Waals surface area contributed by atoms with Crippen molar-refractivity contribution < 1.29 is 9.53 Å². The summed E-state index contributed by atoms with van der Waals surface area (Å²) >= 11 is 6.58. The first-order chi connectivity index (χ1) is 16.2. The van der Waals surface area contributed by atoms with Gasteiger partial charge in [-0.25, -0.2) is 0 Å². The van der Waals surface area contributed by atoms with Gasteiger partial charge >= 0.3 is 0 Å². The Labute approximate surface area is 199 Å². The molecular weight excluding hydrogens is 438 g/mol. The summed E-state index contributed by atoms with van der Waals surface area (Å²) in [5.74, 6) is -0.103. The molecule has 174 valence electrons. The third kappa shape index (κ3) is 4.92. The maximum absolute atomic E-state index is 13.4. The van der Waals surface area contributed by atoms with E-state index in [0.717, 1.165) is 49.1 Å². The van der Waals surface area contributed by atoms with Crippen molar-refractivity contribution >= 4 is 28.4 Å². The third-order valence-corrected chi connectivity index (χ3v) is 7.01. The number of nitrogens with zero attached hydrogens (tertiary/aromatic N) is 3. The molecule has 0 spiro atoms. The molecule has 2 aliphatic rings. The summed E-state index contributed by atoms with van der Waals surface area (Å²) in [5.41, 5.74) is 2.71.